The van der Waals surface area contributed by atoms with Crippen LogP contribution in [0.1, 0.15) is 55.2 Å². The molecular weight excluding hydrogens is 220 g/mol. The topological polar surface area (TPSA) is 24.1 Å². The number of rotatable bonds is 2. The Labute approximate surface area is 110 Å². The predicted molar refractivity (Wildman–Crippen MR) is 75.9 cm³/mol. The van der Waals surface area contributed by atoms with Crippen LogP contribution in [0.25, 0.3) is 0 Å². The van der Waals surface area contributed by atoms with E-state index in [-0.39, 0.29) is 0 Å². The third kappa shape index (κ3) is 2.76. The first-order valence-electron chi connectivity index (χ1n) is 7.47. The lowest BCUT2D eigenvalue weighted by molar-refractivity contribution is 0.411. The Balaban J connectivity index is 1.75. The van der Waals surface area contributed by atoms with Gasteiger partial charge in [0, 0.05) is 12.6 Å². The molecule has 0 bridgehead atoms. The van der Waals surface area contributed by atoms with Gasteiger partial charge in [-0.25, -0.2) is 0 Å². The van der Waals surface area contributed by atoms with E-state index in [2.05, 4.69) is 34.9 Å². The Morgan fingerprint density at radius 3 is 2.67 bits per heavy atom. The molecule has 2 aliphatic rings. The van der Waals surface area contributed by atoms with Crippen LogP contribution >= 0.6 is 0 Å². The molecule has 0 aliphatic carbocycles. The molecule has 2 heteroatoms. The highest BCUT2D eigenvalue weighted by atomic mass is 14.9. The molecule has 2 N–H and O–H groups in total. The van der Waals surface area contributed by atoms with E-state index < -0.39 is 0 Å². The summed E-state index contributed by atoms with van der Waals surface area (Å²) < 4.78 is 0. The van der Waals surface area contributed by atoms with E-state index in [0.29, 0.717) is 6.04 Å². The second-order valence-corrected chi connectivity index (χ2v) is 5.72. The first-order valence-corrected chi connectivity index (χ1v) is 7.47. The predicted octanol–water partition coefficient (Wildman–Crippen LogP) is 2.97. The molecule has 0 aromatic heterocycles. The summed E-state index contributed by atoms with van der Waals surface area (Å²) >= 11 is 0. The molecule has 2 fully saturated rings. The van der Waals surface area contributed by atoms with Crippen LogP contribution in [0, 0.1) is 0 Å². The van der Waals surface area contributed by atoms with Gasteiger partial charge in [0.15, 0.2) is 0 Å². The van der Waals surface area contributed by atoms with Crippen molar-refractivity contribution in [2.45, 2.75) is 44.1 Å². The molecule has 2 unspecified atom stereocenters. The molecule has 0 spiro atoms. The van der Waals surface area contributed by atoms with Gasteiger partial charge in [0.25, 0.3) is 0 Å². The Kier molecular flexibility index (Phi) is 3.96. The lowest BCUT2D eigenvalue weighted by Gasteiger charge is -2.27. The van der Waals surface area contributed by atoms with Crippen molar-refractivity contribution in [2.75, 3.05) is 19.6 Å². The monoisotopic (exact) mass is 244 g/mol. The zero-order valence-electron chi connectivity index (χ0n) is 11.1. The fraction of sp³-hybridized carbons (Fsp3) is 0.625. The Morgan fingerprint density at radius 2 is 1.89 bits per heavy atom. The van der Waals surface area contributed by atoms with Gasteiger partial charge in [0.1, 0.15) is 0 Å². The smallest absolute Gasteiger partial charge is 0.0320 e. The molecule has 0 amide bonds. The van der Waals surface area contributed by atoms with Crippen LogP contribution in [0.5, 0.6) is 0 Å². The Bertz CT molecular complexity index is 343. The number of hydrogen-bond donors (Lipinski definition) is 2. The molecule has 1 aromatic carbocycles. The summed E-state index contributed by atoms with van der Waals surface area (Å²) in [7, 11) is 0. The summed E-state index contributed by atoms with van der Waals surface area (Å²) in [5, 5.41) is 7.17. The fourth-order valence-electron chi connectivity index (χ4n) is 3.30. The molecule has 1 aromatic rings. The van der Waals surface area contributed by atoms with E-state index >= 15 is 0 Å². The maximum atomic E-state index is 3.65. The lowest BCUT2D eigenvalue weighted by Crippen LogP contribution is -2.29. The minimum atomic E-state index is 0.593. The third-order valence-electron chi connectivity index (χ3n) is 4.39. The van der Waals surface area contributed by atoms with Gasteiger partial charge in [-0.3, -0.25) is 0 Å². The molecule has 2 atom stereocenters. The molecule has 2 aliphatic heterocycles. The van der Waals surface area contributed by atoms with Gasteiger partial charge in [-0.1, -0.05) is 30.7 Å². The van der Waals surface area contributed by atoms with Gasteiger partial charge < -0.3 is 10.6 Å². The van der Waals surface area contributed by atoms with Gasteiger partial charge in [0.2, 0.25) is 0 Å². The molecular formula is C16H24N2. The number of hydrogen-bond acceptors (Lipinski definition) is 2. The summed E-state index contributed by atoms with van der Waals surface area (Å²) in [5.74, 6) is 0.724. The van der Waals surface area contributed by atoms with Crippen molar-refractivity contribution in [1.29, 1.82) is 0 Å². The summed E-state index contributed by atoms with van der Waals surface area (Å²) in [5.41, 5.74) is 3.03. The molecule has 0 radical (unpaired) electrons. The number of benzene rings is 1. The summed E-state index contributed by atoms with van der Waals surface area (Å²) in [6, 6.07) is 9.89. The minimum Gasteiger partial charge on any atom is -0.316 e. The van der Waals surface area contributed by atoms with E-state index in [4.69, 9.17) is 0 Å². The Hall–Kier alpha value is -0.860. The molecule has 2 nitrogen and oxygen atoms in total. The normalized spacial score (nSPS) is 29.1. The summed E-state index contributed by atoms with van der Waals surface area (Å²) in [4.78, 5) is 0. The highest BCUT2D eigenvalue weighted by molar-refractivity contribution is 5.29. The second kappa shape index (κ2) is 5.85. The molecule has 0 saturated carbocycles. The molecule has 2 saturated heterocycles. The maximum Gasteiger partial charge on any atom is 0.0320 e. The summed E-state index contributed by atoms with van der Waals surface area (Å²) in [6.07, 6.45) is 6.66. The zero-order valence-corrected chi connectivity index (χ0v) is 11.1. The molecule has 18 heavy (non-hydrogen) atoms. The second-order valence-electron chi connectivity index (χ2n) is 5.72. The van der Waals surface area contributed by atoms with Crippen LogP contribution in [-0.2, 0) is 0 Å². The quantitative estimate of drug-likeness (QED) is 0.836. The van der Waals surface area contributed by atoms with Crippen molar-refractivity contribution in [3.63, 3.8) is 0 Å². The van der Waals surface area contributed by atoms with Crippen LogP contribution in [0.15, 0.2) is 24.3 Å². The van der Waals surface area contributed by atoms with Crippen LogP contribution in [0.3, 0.4) is 0 Å². The van der Waals surface area contributed by atoms with Crippen LogP contribution in [0.4, 0.5) is 0 Å². The summed E-state index contributed by atoms with van der Waals surface area (Å²) in [6.45, 7) is 3.53. The van der Waals surface area contributed by atoms with Crippen LogP contribution in [-0.4, -0.2) is 19.6 Å². The highest BCUT2D eigenvalue weighted by Crippen LogP contribution is 2.28. The van der Waals surface area contributed by atoms with E-state index in [1.807, 2.05) is 0 Å². The third-order valence-corrected chi connectivity index (χ3v) is 4.39. The molecule has 2 heterocycles. The van der Waals surface area contributed by atoms with Crippen LogP contribution in [0.2, 0.25) is 0 Å². The Morgan fingerprint density at radius 1 is 0.944 bits per heavy atom. The van der Waals surface area contributed by atoms with Crippen molar-refractivity contribution < 1.29 is 0 Å². The first kappa shape index (κ1) is 12.2. The molecule has 3 rings (SSSR count). The van der Waals surface area contributed by atoms with Crippen molar-refractivity contribution in [2.24, 2.45) is 0 Å². The maximum absolute atomic E-state index is 3.65. The van der Waals surface area contributed by atoms with Gasteiger partial charge in [-0.15, -0.1) is 0 Å². The van der Waals surface area contributed by atoms with Crippen molar-refractivity contribution in [3.05, 3.63) is 35.4 Å². The van der Waals surface area contributed by atoms with E-state index in [9.17, 15) is 0 Å². The molecule has 98 valence electrons. The SMILES string of the molecule is c1cc(C2CCCNC2)cc(C2CCCCN2)c1. The van der Waals surface area contributed by atoms with Crippen molar-refractivity contribution >= 4 is 0 Å². The average Bonchev–Trinajstić information content (AvgIpc) is 2.49. The van der Waals surface area contributed by atoms with Crippen LogP contribution < -0.4 is 10.6 Å². The standard InChI is InChI=1S/C16H24N2/c1-2-10-18-16(8-1)14-6-3-5-13(11-14)15-7-4-9-17-12-15/h3,5-6,11,15-18H,1-2,4,7-10,12H2. The van der Waals surface area contributed by atoms with E-state index in [1.165, 1.54) is 56.3 Å². The van der Waals surface area contributed by atoms with Gasteiger partial charge in [-0.2, -0.15) is 0 Å². The first-order chi connectivity index (χ1) is 8.93. The van der Waals surface area contributed by atoms with Crippen molar-refractivity contribution in [3.8, 4) is 0 Å². The van der Waals surface area contributed by atoms with Crippen molar-refractivity contribution in [1.82, 2.24) is 10.6 Å². The number of piperidine rings is 2. The zero-order chi connectivity index (χ0) is 12.2. The van der Waals surface area contributed by atoms with E-state index in [1.54, 1.807) is 0 Å². The average molecular weight is 244 g/mol. The minimum absolute atomic E-state index is 0.593. The van der Waals surface area contributed by atoms with Gasteiger partial charge in [-0.05, 0) is 55.8 Å². The number of nitrogens with one attached hydrogen (secondary N) is 2. The lowest BCUT2D eigenvalue weighted by atomic mass is 9.88. The highest BCUT2D eigenvalue weighted by Gasteiger charge is 2.18. The fourth-order valence-corrected chi connectivity index (χ4v) is 3.30. The largest absolute Gasteiger partial charge is 0.316 e. The van der Waals surface area contributed by atoms with Gasteiger partial charge in [0.05, 0.1) is 0 Å². The van der Waals surface area contributed by atoms with Gasteiger partial charge >= 0.3 is 0 Å². The van der Waals surface area contributed by atoms with E-state index in [0.717, 1.165) is 12.5 Å².